The monoisotopic (exact) mass is 244 g/mol. The number of nitrogens with zero attached hydrogens (tertiary/aromatic N) is 1. The predicted molar refractivity (Wildman–Crippen MR) is 65.6 cm³/mol. The summed E-state index contributed by atoms with van der Waals surface area (Å²) in [7, 11) is 0. The van der Waals surface area contributed by atoms with Gasteiger partial charge >= 0.3 is 0 Å². The highest BCUT2D eigenvalue weighted by Gasteiger charge is 2.62. The summed E-state index contributed by atoms with van der Waals surface area (Å²) in [6, 6.07) is 0. The van der Waals surface area contributed by atoms with Crippen LogP contribution in [0.15, 0.2) is 0 Å². The summed E-state index contributed by atoms with van der Waals surface area (Å²) in [5.74, 6) is 2.25. The molecule has 3 aliphatic rings. The van der Waals surface area contributed by atoms with Crippen LogP contribution in [0.5, 0.6) is 0 Å². The van der Waals surface area contributed by atoms with Crippen molar-refractivity contribution in [3.05, 3.63) is 0 Å². The Kier molecular flexibility index (Phi) is 2.96. The average molecular weight is 245 g/mol. The van der Waals surface area contributed by atoms with Gasteiger partial charge in [-0.1, -0.05) is 13.8 Å². The summed E-state index contributed by atoms with van der Waals surface area (Å²) < 4.78 is 0. The van der Waals surface area contributed by atoms with Gasteiger partial charge in [0, 0.05) is 19.6 Å². The van der Waals surface area contributed by atoms with E-state index in [1.54, 1.807) is 0 Å². The second kappa shape index (κ2) is 3.88. The van der Waals surface area contributed by atoms with Crippen LogP contribution >= 0.6 is 12.4 Å². The van der Waals surface area contributed by atoms with Crippen molar-refractivity contribution in [1.82, 2.24) is 10.2 Å². The van der Waals surface area contributed by atoms with Crippen LogP contribution in [0, 0.1) is 23.2 Å². The van der Waals surface area contributed by atoms with Crippen LogP contribution < -0.4 is 5.32 Å². The third kappa shape index (κ3) is 1.65. The van der Waals surface area contributed by atoms with Crippen molar-refractivity contribution >= 4 is 18.3 Å². The van der Waals surface area contributed by atoms with Crippen molar-refractivity contribution in [2.75, 3.05) is 26.2 Å². The van der Waals surface area contributed by atoms with Gasteiger partial charge in [-0.25, -0.2) is 0 Å². The van der Waals surface area contributed by atoms with Crippen LogP contribution in [0.1, 0.15) is 20.3 Å². The first kappa shape index (κ1) is 12.2. The van der Waals surface area contributed by atoms with Gasteiger partial charge in [0.25, 0.3) is 0 Å². The molecule has 2 aliphatic heterocycles. The SMILES string of the molecule is CC1(C)C2CN(C(=O)C3CCNC3)CC21.Cl. The Hall–Kier alpha value is -0.280. The third-order valence-electron chi connectivity index (χ3n) is 4.84. The standard InChI is InChI=1S/C12H20N2O.ClH/c1-12(2)9-6-14(7-10(9)12)11(15)8-3-4-13-5-8;/h8-10,13H,3-7H2,1-2H3;1H. The van der Waals surface area contributed by atoms with Gasteiger partial charge in [0.1, 0.15) is 0 Å². The van der Waals surface area contributed by atoms with E-state index < -0.39 is 0 Å². The maximum atomic E-state index is 12.1. The zero-order valence-corrected chi connectivity index (χ0v) is 10.8. The number of nitrogens with one attached hydrogen (secondary N) is 1. The molecule has 3 nitrogen and oxygen atoms in total. The zero-order chi connectivity index (χ0) is 10.6. The summed E-state index contributed by atoms with van der Waals surface area (Å²) in [4.78, 5) is 14.2. The van der Waals surface area contributed by atoms with Gasteiger partial charge in [-0.05, 0) is 30.2 Å². The quantitative estimate of drug-likeness (QED) is 0.750. The number of piperidine rings is 1. The van der Waals surface area contributed by atoms with Crippen LogP contribution in [0.4, 0.5) is 0 Å². The lowest BCUT2D eigenvalue weighted by Crippen LogP contribution is -2.38. The van der Waals surface area contributed by atoms with E-state index >= 15 is 0 Å². The van der Waals surface area contributed by atoms with E-state index in [2.05, 4.69) is 24.1 Å². The van der Waals surface area contributed by atoms with Crippen molar-refractivity contribution in [2.45, 2.75) is 20.3 Å². The molecule has 1 N–H and O–H groups in total. The van der Waals surface area contributed by atoms with Gasteiger partial charge in [0.15, 0.2) is 0 Å². The zero-order valence-electron chi connectivity index (χ0n) is 10.0. The number of carbonyl (C=O) groups excluding carboxylic acids is 1. The average Bonchev–Trinajstić information content (AvgIpc) is 2.79. The molecule has 0 radical (unpaired) electrons. The predicted octanol–water partition coefficient (Wildman–Crippen LogP) is 1.13. The Morgan fingerprint density at radius 3 is 2.44 bits per heavy atom. The number of carbonyl (C=O) groups is 1. The molecule has 16 heavy (non-hydrogen) atoms. The van der Waals surface area contributed by atoms with Crippen LogP contribution in [-0.2, 0) is 4.79 Å². The van der Waals surface area contributed by atoms with Gasteiger partial charge in [0.05, 0.1) is 5.92 Å². The first-order valence-electron chi connectivity index (χ1n) is 6.10. The minimum Gasteiger partial charge on any atom is -0.342 e. The maximum absolute atomic E-state index is 12.1. The van der Waals surface area contributed by atoms with E-state index in [1.165, 1.54) is 0 Å². The summed E-state index contributed by atoms with van der Waals surface area (Å²) in [5.41, 5.74) is 0.519. The van der Waals surface area contributed by atoms with Crippen molar-refractivity contribution in [1.29, 1.82) is 0 Å². The molecule has 1 saturated carbocycles. The van der Waals surface area contributed by atoms with Gasteiger partial charge in [0.2, 0.25) is 5.91 Å². The number of hydrogen-bond donors (Lipinski definition) is 1. The van der Waals surface area contributed by atoms with E-state index in [4.69, 9.17) is 0 Å². The molecule has 1 aliphatic carbocycles. The third-order valence-corrected chi connectivity index (χ3v) is 4.84. The van der Waals surface area contributed by atoms with Crippen LogP contribution in [0.2, 0.25) is 0 Å². The summed E-state index contributed by atoms with van der Waals surface area (Å²) >= 11 is 0. The van der Waals surface area contributed by atoms with Crippen molar-refractivity contribution < 1.29 is 4.79 Å². The summed E-state index contributed by atoms with van der Waals surface area (Å²) in [5, 5.41) is 3.27. The molecule has 0 spiro atoms. The number of hydrogen-bond acceptors (Lipinski definition) is 2. The largest absolute Gasteiger partial charge is 0.342 e. The first-order valence-corrected chi connectivity index (χ1v) is 6.10. The smallest absolute Gasteiger partial charge is 0.227 e. The molecule has 0 aromatic rings. The molecular formula is C12H21ClN2O. The van der Waals surface area contributed by atoms with Crippen LogP contribution in [0.3, 0.4) is 0 Å². The lowest BCUT2D eigenvalue weighted by atomic mass is 10.0. The number of fused-ring (bicyclic) bond motifs is 1. The van der Waals surface area contributed by atoms with Gasteiger partial charge < -0.3 is 10.2 Å². The molecule has 4 heteroatoms. The normalized spacial score (nSPS) is 39.1. The van der Waals surface area contributed by atoms with Crippen molar-refractivity contribution in [3.63, 3.8) is 0 Å². The highest BCUT2D eigenvalue weighted by atomic mass is 35.5. The number of halogens is 1. The molecule has 2 saturated heterocycles. The Labute approximate surface area is 103 Å². The second-order valence-electron chi connectivity index (χ2n) is 5.97. The molecule has 1 amide bonds. The Morgan fingerprint density at radius 1 is 1.31 bits per heavy atom. The highest BCUT2D eigenvalue weighted by molar-refractivity contribution is 5.85. The molecule has 3 unspecified atom stereocenters. The van der Waals surface area contributed by atoms with Gasteiger partial charge in [-0.2, -0.15) is 0 Å². The molecule has 3 rings (SSSR count). The minimum absolute atomic E-state index is 0. The minimum atomic E-state index is 0. The van der Waals surface area contributed by atoms with E-state index in [1.807, 2.05) is 0 Å². The van der Waals surface area contributed by atoms with Crippen molar-refractivity contribution in [2.24, 2.45) is 23.2 Å². The molecule has 0 aromatic heterocycles. The van der Waals surface area contributed by atoms with Gasteiger partial charge in [-0.15, -0.1) is 12.4 Å². The molecule has 92 valence electrons. The molecule has 3 atom stereocenters. The fourth-order valence-corrected chi connectivity index (χ4v) is 3.44. The topological polar surface area (TPSA) is 32.3 Å². The van der Waals surface area contributed by atoms with E-state index in [0.717, 1.165) is 44.4 Å². The van der Waals surface area contributed by atoms with Crippen LogP contribution in [-0.4, -0.2) is 37.0 Å². The molecule has 0 bridgehead atoms. The second-order valence-corrected chi connectivity index (χ2v) is 5.97. The number of amides is 1. The lowest BCUT2D eigenvalue weighted by Gasteiger charge is -2.24. The number of rotatable bonds is 1. The summed E-state index contributed by atoms with van der Waals surface area (Å²) in [6.07, 6.45) is 1.04. The van der Waals surface area contributed by atoms with Crippen LogP contribution in [0.25, 0.3) is 0 Å². The first-order chi connectivity index (χ1) is 7.10. The fraction of sp³-hybridized carbons (Fsp3) is 0.917. The molecule has 0 aromatic carbocycles. The Morgan fingerprint density at radius 2 is 1.94 bits per heavy atom. The fourth-order valence-electron chi connectivity index (χ4n) is 3.44. The molecular weight excluding hydrogens is 224 g/mol. The van der Waals surface area contributed by atoms with E-state index in [-0.39, 0.29) is 18.3 Å². The van der Waals surface area contributed by atoms with E-state index in [9.17, 15) is 4.79 Å². The van der Waals surface area contributed by atoms with Crippen molar-refractivity contribution in [3.8, 4) is 0 Å². The number of likely N-dealkylation sites (tertiary alicyclic amines) is 1. The lowest BCUT2D eigenvalue weighted by molar-refractivity contribution is -0.134. The summed E-state index contributed by atoms with van der Waals surface area (Å²) in [6.45, 7) is 8.62. The molecule has 2 heterocycles. The van der Waals surface area contributed by atoms with Gasteiger partial charge in [-0.3, -0.25) is 4.79 Å². The Balaban J connectivity index is 0.000000963. The Bertz CT molecular complexity index is 285. The molecule has 3 fully saturated rings. The highest BCUT2D eigenvalue weighted by Crippen LogP contribution is 2.62. The maximum Gasteiger partial charge on any atom is 0.227 e. The van der Waals surface area contributed by atoms with E-state index in [0.29, 0.717) is 11.3 Å².